The first-order chi connectivity index (χ1) is 12.3. The molecule has 1 aromatic heterocycles. The van der Waals surface area contributed by atoms with Crippen LogP contribution < -0.4 is 0 Å². The van der Waals surface area contributed by atoms with Gasteiger partial charge in [0.05, 0.1) is 10.6 Å². The highest BCUT2D eigenvalue weighted by Crippen LogP contribution is 2.20. The monoisotopic (exact) mass is 377 g/mol. The Kier molecular flexibility index (Phi) is 5.15. The number of aromatic nitrogens is 1. The smallest absolute Gasteiger partial charge is 0.259 e. The van der Waals surface area contributed by atoms with E-state index in [9.17, 15) is 13.2 Å². The van der Waals surface area contributed by atoms with Crippen molar-refractivity contribution in [2.24, 2.45) is 0 Å². The zero-order valence-corrected chi connectivity index (χ0v) is 16.0. The van der Waals surface area contributed by atoms with Crippen molar-refractivity contribution in [3.05, 3.63) is 46.8 Å². The largest absolute Gasteiger partial charge is 0.361 e. The van der Waals surface area contributed by atoms with Crippen LogP contribution in [0.4, 0.5) is 0 Å². The van der Waals surface area contributed by atoms with Gasteiger partial charge >= 0.3 is 0 Å². The highest BCUT2D eigenvalue weighted by Gasteiger charge is 2.30. The standard InChI is InChI=1S/C18H23N3O4S/c1-13-5-7-16(8-6-13)26(23,24)21-10-4-9-20(11-12-21)18(22)17-14(2)19-25-15(17)3/h5-8H,4,9-12H2,1-3H3. The molecule has 2 aromatic rings. The normalized spacial score (nSPS) is 16.5. The summed E-state index contributed by atoms with van der Waals surface area (Å²) in [5.74, 6) is 0.330. The molecule has 1 fully saturated rings. The van der Waals surface area contributed by atoms with Crippen LogP contribution >= 0.6 is 0 Å². The van der Waals surface area contributed by atoms with Crippen LogP contribution in [0.2, 0.25) is 0 Å². The minimum atomic E-state index is -3.56. The van der Waals surface area contributed by atoms with E-state index in [1.54, 1.807) is 43.0 Å². The van der Waals surface area contributed by atoms with Gasteiger partial charge in [0.25, 0.3) is 5.91 Å². The number of nitrogens with zero attached hydrogens (tertiary/aromatic N) is 3. The molecule has 0 atom stereocenters. The van der Waals surface area contributed by atoms with Crippen LogP contribution in [0.15, 0.2) is 33.7 Å². The molecule has 3 rings (SSSR count). The summed E-state index contributed by atoms with van der Waals surface area (Å²) in [5, 5.41) is 3.83. The molecule has 0 radical (unpaired) electrons. The quantitative estimate of drug-likeness (QED) is 0.818. The van der Waals surface area contributed by atoms with Gasteiger partial charge in [-0.25, -0.2) is 8.42 Å². The fourth-order valence-corrected chi connectivity index (χ4v) is 4.61. The number of benzene rings is 1. The van der Waals surface area contributed by atoms with Gasteiger partial charge in [0.2, 0.25) is 10.0 Å². The number of amides is 1. The number of carbonyl (C=O) groups excluding carboxylic acids is 1. The summed E-state index contributed by atoms with van der Waals surface area (Å²) in [7, 11) is -3.56. The minimum absolute atomic E-state index is 0.157. The molecule has 0 spiro atoms. The average molecular weight is 377 g/mol. The van der Waals surface area contributed by atoms with Crippen LogP contribution in [0, 0.1) is 20.8 Å². The van der Waals surface area contributed by atoms with Crippen LogP contribution in [-0.4, -0.2) is 54.9 Å². The van der Waals surface area contributed by atoms with Crippen molar-refractivity contribution in [2.45, 2.75) is 32.1 Å². The molecule has 8 heteroatoms. The third-order valence-corrected chi connectivity index (χ3v) is 6.56. The lowest BCUT2D eigenvalue weighted by molar-refractivity contribution is 0.0762. The predicted molar refractivity (Wildman–Crippen MR) is 96.4 cm³/mol. The molecule has 0 saturated carbocycles. The van der Waals surface area contributed by atoms with E-state index < -0.39 is 10.0 Å². The van der Waals surface area contributed by atoms with Crippen LogP contribution in [-0.2, 0) is 10.0 Å². The Labute approximate surface area is 153 Å². The molecule has 7 nitrogen and oxygen atoms in total. The van der Waals surface area contributed by atoms with Gasteiger partial charge in [-0.3, -0.25) is 4.79 Å². The first kappa shape index (κ1) is 18.6. The van der Waals surface area contributed by atoms with Crippen LogP contribution in [0.25, 0.3) is 0 Å². The summed E-state index contributed by atoms with van der Waals surface area (Å²) < 4.78 is 32.3. The first-order valence-corrected chi connectivity index (χ1v) is 10.0. The number of aryl methyl sites for hydroxylation is 3. The summed E-state index contributed by atoms with van der Waals surface area (Å²) >= 11 is 0. The molecular weight excluding hydrogens is 354 g/mol. The predicted octanol–water partition coefficient (Wildman–Crippen LogP) is 2.14. The number of hydrogen-bond donors (Lipinski definition) is 0. The maximum atomic E-state index is 12.9. The van der Waals surface area contributed by atoms with E-state index >= 15 is 0 Å². The Morgan fingerprint density at radius 3 is 2.35 bits per heavy atom. The molecule has 140 valence electrons. The Bertz CT molecular complexity index is 884. The fourth-order valence-electron chi connectivity index (χ4n) is 3.14. The molecule has 26 heavy (non-hydrogen) atoms. The highest BCUT2D eigenvalue weighted by molar-refractivity contribution is 7.89. The minimum Gasteiger partial charge on any atom is -0.361 e. The van der Waals surface area contributed by atoms with Crippen molar-refractivity contribution in [3.8, 4) is 0 Å². The molecule has 2 heterocycles. The Hall–Kier alpha value is -2.19. The molecule has 0 unspecified atom stereocenters. The lowest BCUT2D eigenvalue weighted by Crippen LogP contribution is -2.37. The molecular formula is C18H23N3O4S. The van der Waals surface area contributed by atoms with E-state index in [1.165, 1.54) is 4.31 Å². The summed E-state index contributed by atoms with van der Waals surface area (Å²) in [6.45, 7) is 6.86. The highest BCUT2D eigenvalue weighted by atomic mass is 32.2. The van der Waals surface area contributed by atoms with E-state index in [2.05, 4.69) is 5.16 Å². The fraction of sp³-hybridized carbons (Fsp3) is 0.444. The third-order valence-electron chi connectivity index (χ3n) is 4.65. The van der Waals surface area contributed by atoms with E-state index in [1.807, 2.05) is 6.92 Å². The van der Waals surface area contributed by atoms with Crippen molar-refractivity contribution in [3.63, 3.8) is 0 Å². The molecule has 0 bridgehead atoms. The van der Waals surface area contributed by atoms with Gasteiger partial charge in [0.15, 0.2) is 0 Å². The maximum absolute atomic E-state index is 12.9. The lowest BCUT2D eigenvalue weighted by Gasteiger charge is -2.22. The summed E-state index contributed by atoms with van der Waals surface area (Å²) in [4.78, 5) is 14.7. The second kappa shape index (κ2) is 7.20. The number of hydrogen-bond acceptors (Lipinski definition) is 5. The van der Waals surface area contributed by atoms with E-state index in [0.29, 0.717) is 43.1 Å². The maximum Gasteiger partial charge on any atom is 0.259 e. The van der Waals surface area contributed by atoms with Gasteiger partial charge in [-0.05, 0) is 39.3 Å². The van der Waals surface area contributed by atoms with Crippen molar-refractivity contribution in [1.29, 1.82) is 0 Å². The first-order valence-electron chi connectivity index (χ1n) is 8.59. The van der Waals surface area contributed by atoms with E-state index in [-0.39, 0.29) is 17.3 Å². The average Bonchev–Trinajstić information content (AvgIpc) is 2.81. The van der Waals surface area contributed by atoms with E-state index in [0.717, 1.165) is 5.56 Å². The molecule has 1 saturated heterocycles. The SMILES string of the molecule is Cc1ccc(S(=O)(=O)N2CCCN(C(=O)c3c(C)noc3C)CC2)cc1. The Morgan fingerprint density at radius 1 is 1.04 bits per heavy atom. The second-order valence-corrected chi connectivity index (χ2v) is 8.50. The van der Waals surface area contributed by atoms with Crippen LogP contribution in [0.5, 0.6) is 0 Å². The van der Waals surface area contributed by atoms with Gasteiger partial charge in [-0.15, -0.1) is 0 Å². The van der Waals surface area contributed by atoms with Gasteiger partial charge in [0.1, 0.15) is 11.3 Å². The zero-order chi connectivity index (χ0) is 18.9. The molecule has 0 aliphatic carbocycles. The number of carbonyl (C=O) groups is 1. The second-order valence-electron chi connectivity index (χ2n) is 6.56. The zero-order valence-electron chi connectivity index (χ0n) is 15.2. The number of rotatable bonds is 3. The summed E-state index contributed by atoms with van der Waals surface area (Å²) in [6.07, 6.45) is 0.584. The van der Waals surface area contributed by atoms with Crippen LogP contribution in [0.1, 0.15) is 33.8 Å². The lowest BCUT2D eigenvalue weighted by atomic mass is 10.1. The molecule has 1 aliphatic heterocycles. The molecule has 0 N–H and O–H groups in total. The van der Waals surface area contributed by atoms with Crippen molar-refractivity contribution in [2.75, 3.05) is 26.2 Å². The topological polar surface area (TPSA) is 83.7 Å². The molecule has 1 aromatic carbocycles. The van der Waals surface area contributed by atoms with E-state index in [4.69, 9.17) is 4.52 Å². The van der Waals surface area contributed by atoms with Crippen molar-refractivity contribution in [1.82, 2.24) is 14.4 Å². The summed E-state index contributed by atoms with van der Waals surface area (Å²) in [5.41, 5.74) is 2.04. The summed E-state index contributed by atoms with van der Waals surface area (Å²) in [6, 6.07) is 6.83. The van der Waals surface area contributed by atoms with Gasteiger partial charge < -0.3 is 9.42 Å². The van der Waals surface area contributed by atoms with Crippen molar-refractivity contribution >= 4 is 15.9 Å². The number of sulfonamides is 1. The Morgan fingerprint density at radius 2 is 1.73 bits per heavy atom. The van der Waals surface area contributed by atoms with Crippen LogP contribution in [0.3, 0.4) is 0 Å². The van der Waals surface area contributed by atoms with Gasteiger partial charge in [-0.2, -0.15) is 4.31 Å². The third kappa shape index (κ3) is 3.52. The molecule has 1 aliphatic rings. The Balaban J connectivity index is 1.76. The van der Waals surface area contributed by atoms with Gasteiger partial charge in [-0.1, -0.05) is 22.9 Å². The van der Waals surface area contributed by atoms with Gasteiger partial charge in [0, 0.05) is 26.2 Å². The van der Waals surface area contributed by atoms with Crippen molar-refractivity contribution < 1.29 is 17.7 Å². The molecule has 1 amide bonds.